The van der Waals surface area contributed by atoms with Gasteiger partial charge in [-0.25, -0.2) is 9.82 Å². The number of amides is 3. The Balaban J connectivity index is 1.40. The molecular weight excluding hydrogens is 519 g/mol. The Hall–Kier alpha value is -4.05. The number of hydrogen-bond acceptors (Lipinski definition) is 5. The molecule has 0 atom stereocenters. The van der Waals surface area contributed by atoms with Gasteiger partial charge in [0.15, 0.2) is 6.61 Å². The van der Waals surface area contributed by atoms with E-state index in [1.54, 1.807) is 30.3 Å². The lowest BCUT2D eigenvalue weighted by Gasteiger charge is -2.08. The van der Waals surface area contributed by atoms with E-state index in [1.165, 1.54) is 18.3 Å². The summed E-state index contributed by atoms with van der Waals surface area (Å²) in [4.78, 5) is 35.7. The Morgan fingerprint density at radius 3 is 2.40 bits per heavy atom. The van der Waals surface area contributed by atoms with Crippen LogP contribution in [0.5, 0.6) is 5.75 Å². The van der Waals surface area contributed by atoms with Crippen LogP contribution in [0.3, 0.4) is 0 Å². The van der Waals surface area contributed by atoms with E-state index in [4.69, 9.17) is 4.74 Å². The summed E-state index contributed by atoms with van der Waals surface area (Å²) >= 11 is 3.15. The highest BCUT2D eigenvalue weighted by atomic mass is 79.9. The number of benzene rings is 3. The van der Waals surface area contributed by atoms with Crippen LogP contribution in [0, 0.1) is 12.7 Å². The van der Waals surface area contributed by atoms with E-state index >= 15 is 0 Å². The Morgan fingerprint density at radius 1 is 1.00 bits per heavy atom. The van der Waals surface area contributed by atoms with Crippen LogP contribution in [0.15, 0.2) is 76.3 Å². The maximum absolute atomic E-state index is 13.8. The molecule has 0 aliphatic rings. The van der Waals surface area contributed by atoms with Crippen LogP contribution < -0.4 is 20.8 Å². The number of rotatable bonds is 8. The average Bonchev–Trinajstić information content (AvgIpc) is 2.84. The number of carbonyl (C=O) groups excluding carboxylic acids is 3. The number of hydrogen-bond donors (Lipinski definition) is 3. The number of ether oxygens (including phenoxy) is 1. The van der Waals surface area contributed by atoms with E-state index in [2.05, 4.69) is 37.1 Å². The van der Waals surface area contributed by atoms with Crippen LogP contribution in [0.25, 0.3) is 0 Å². The van der Waals surface area contributed by atoms with Gasteiger partial charge in [0, 0.05) is 11.0 Å². The predicted octanol–water partition coefficient (Wildman–Crippen LogP) is 3.68. The number of nitrogens with one attached hydrogen (secondary N) is 3. The van der Waals surface area contributed by atoms with Crippen LogP contribution in [0.4, 0.5) is 10.1 Å². The smallest absolute Gasteiger partial charge is 0.329 e. The van der Waals surface area contributed by atoms with Crippen molar-refractivity contribution in [3.63, 3.8) is 0 Å². The van der Waals surface area contributed by atoms with E-state index in [9.17, 15) is 18.8 Å². The Bertz CT molecular complexity index is 1230. The summed E-state index contributed by atoms with van der Waals surface area (Å²) in [7, 11) is 0. The fourth-order valence-electron chi connectivity index (χ4n) is 2.76. The topological polar surface area (TPSA) is 109 Å². The number of halogens is 2. The largest absolute Gasteiger partial charge is 0.484 e. The van der Waals surface area contributed by atoms with Crippen molar-refractivity contribution in [3.05, 3.63) is 93.7 Å². The Labute approximate surface area is 209 Å². The molecule has 0 heterocycles. The standard InChI is InChI=1S/C25H22BrFN4O4/c1-16-2-4-17(5-3-16)13-28-24(33)25(34)31-29-14-18-6-9-20(10-7-18)35-15-23(32)30-22-11-8-19(26)12-21(22)27/h2-12,14H,13,15H2,1H3,(H,28,33)(H,30,32)(H,31,34)/b29-14-. The lowest BCUT2D eigenvalue weighted by molar-refractivity contribution is -0.139. The summed E-state index contributed by atoms with van der Waals surface area (Å²) in [5, 5.41) is 8.72. The zero-order valence-corrected chi connectivity index (χ0v) is 20.3. The molecule has 0 saturated carbocycles. The van der Waals surface area contributed by atoms with Crippen molar-refractivity contribution in [2.24, 2.45) is 5.10 Å². The summed E-state index contributed by atoms with van der Waals surface area (Å²) in [6.45, 7) is 1.88. The van der Waals surface area contributed by atoms with Crippen molar-refractivity contribution in [2.75, 3.05) is 11.9 Å². The zero-order chi connectivity index (χ0) is 25.2. The van der Waals surface area contributed by atoms with Crippen molar-refractivity contribution in [1.82, 2.24) is 10.7 Å². The van der Waals surface area contributed by atoms with Gasteiger partial charge >= 0.3 is 11.8 Å². The van der Waals surface area contributed by atoms with Crippen molar-refractivity contribution in [2.45, 2.75) is 13.5 Å². The molecule has 8 nitrogen and oxygen atoms in total. The van der Waals surface area contributed by atoms with Crippen LogP contribution in [0.2, 0.25) is 0 Å². The van der Waals surface area contributed by atoms with E-state index < -0.39 is 23.5 Å². The first-order valence-corrected chi connectivity index (χ1v) is 11.2. The Morgan fingerprint density at radius 2 is 1.71 bits per heavy atom. The second-order valence-electron chi connectivity index (χ2n) is 7.40. The average molecular weight is 541 g/mol. The minimum Gasteiger partial charge on any atom is -0.484 e. The molecule has 3 rings (SSSR count). The van der Waals surface area contributed by atoms with Crippen molar-refractivity contribution < 1.29 is 23.5 Å². The first kappa shape index (κ1) is 25.6. The van der Waals surface area contributed by atoms with Gasteiger partial charge in [-0.3, -0.25) is 14.4 Å². The van der Waals surface area contributed by atoms with Gasteiger partial charge in [0.25, 0.3) is 5.91 Å². The van der Waals surface area contributed by atoms with Gasteiger partial charge in [0.1, 0.15) is 11.6 Å². The maximum atomic E-state index is 13.8. The van der Waals surface area contributed by atoms with E-state index in [1.807, 2.05) is 31.2 Å². The summed E-state index contributed by atoms with van der Waals surface area (Å²) in [5.41, 5.74) is 4.82. The molecule has 0 aliphatic heterocycles. The minimum absolute atomic E-state index is 0.0548. The van der Waals surface area contributed by atoms with Gasteiger partial charge in [0.05, 0.1) is 11.9 Å². The van der Waals surface area contributed by atoms with Crippen LogP contribution in [-0.4, -0.2) is 30.5 Å². The summed E-state index contributed by atoms with van der Waals surface area (Å²) in [6.07, 6.45) is 1.36. The van der Waals surface area contributed by atoms with Crippen LogP contribution in [0.1, 0.15) is 16.7 Å². The van der Waals surface area contributed by atoms with Crippen molar-refractivity contribution in [3.8, 4) is 5.75 Å². The van der Waals surface area contributed by atoms with E-state index in [0.29, 0.717) is 15.8 Å². The predicted molar refractivity (Wildman–Crippen MR) is 133 cm³/mol. The second kappa shape index (κ2) is 12.4. The van der Waals surface area contributed by atoms with Crippen LogP contribution in [-0.2, 0) is 20.9 Å². The Kier molecular flexibility index (Phi) is 9.08. The number of nitrogens with zero attached hydrogens (tertiary/aromatic N) is 1. The fraction of sp³-hybridized carbons (Fsp3) is 0.120. The van der Waals surface area contributed by atoms with Crippen molar-refractivity contribution in [1.29, 1.82) is 0 Å². The van der Waals surface area contributed by atoms with Gasteiger partial charge in [-0.15, -0.1) is 0 Å². The second-order valence-corrected chi connectivity index (χ2v) is 8.31. The first-order valence-electron chi connectivity index (χ1n) is 10.4. The van der Waals surface area contributed by atoms with E-state index in [-0.39, 0.29) is 18.8 Å². The molecule has 10 heteroatoms. The molecule has 3 aromatic carbocycles. The van der Waals surface area contributed by atoms with Crippen molar-refractivity contribution >= 4 is 45.6 Å². The molecule has 0 unspecified atom stereocenters. The van der Waals surface area contributed by atoms with Gasteiger partial charge in [-0.1, -0.05) is 45.8 Å². The maximum Gasteiger partial charge on any atom is 0.329 e. The summed E-state index contributed by atoms with van der Waals surface area (Å²) < 4.78 is 19.7. The molecule has 180 valence electrons. The number of anilines is 1. The molecule has 0 fully saturated rings. The number of aryl methyl sites for hydroxylation is 1. The van der Waals surface area contributed by atoms with Gasteiger partial charge in [-0.05, 0) is 60.5 Å². The first-order chi connectivity index (χ1) is 16.8. The normalized spacial score (nSPS) is 10.6. The highest BCUT2D eigenvalue weighted by molar-refractivity contribution is 9.10. The molecule has 0 aromatic heterocycles. The molecule has 0 saturated heterocycles. The van der Waals surface area contributed by atoms with Gasteiger partial charge in [-0.2, -0.15) is 5.10 Å². The highest BCUT2D eigenvalue weighted by Gasteiger charge is 2.12. The number of hydrazone groups is 1. The van der Waals surface area contributed by atoms with Gasteiger partial charge in [0.2, 0.25) is 0 Å². The number of carbonyl (C=O) groups is 3. The molecule has 3 aromatic rings. The van der Waals surface area contributed by atoms with E-state index in [0.717, 1.165) is 11.1 Å². The highest BCUT2D eigenvalue weighted by Crippen LogP contribution is 2.19. The monoisotopic (exact) mass is 540 g/mol. The fourth-order valence-corrected chi connectivity index (χ4v) is 3.09. The zero-order valence-electron chi connectivity index (χ0n) is 18.7. The molecule has 0 spiro atoms. The van der Waals surface area contributed by atoms with Crippen LogP contribution >= 0.6 is 15.9 Å². The third kappa shape index (κ3) is 8.35. The lowest BCUT2D eigenvalue weighted by atomic mass is 10.1. The molecule has 0 bridgehead atoms. The molecular formula is C25H22BrFN4O4. The quantitative estimate of drug-likeness (QED) is 0.230. The molecule has 3 N–H and O–H groups in total. The molecule has 3 amide bonds. The summed E-state index contributed by atoms with van der Waals surface area (Å²) in [5.74, 6) is -2.35. The third-order valence-corrected chi connectivity index (χ3v) is 5.11. The molecule has 0 radical (unpaired) electrons. The lowest BCUT2D eigenvalue weighted by Crippen LogP contribution is -2.37. The third-order valence-electron chi connectivity index (χ3n) is 4.61. The van der Waals surface area contributed by atoms with Gasteiger partial charge < -0.3 is 15.4 Å². The summed E-state index contributed by atoms with van der Waals surface area (Å²) in [6, 6.07) is 18.4. The minimum atomic E-state index is -0.887. The SMILES string of the molecule is Cc1ccc(CNC(=O)C(=O)N/N=C\c2ccc(OCC(=O)Nc3ccc(Br)cc3F)cc2)cc1. The molecule has 0 aliphatic carbocycles. The molecule has 35 heavy (non-hydrogen) atoms.